The Balaban J connectivity index is 0.000000251. The van der Waals surface area contributed by atoms with Gasteiger partial charge in [0.25, 0.3) is 0 Å². The summed E-state index contributed by atoms with van der Waals surface area (Å²) in [4.78, 5) is 10.9. The van der Waals surface area contributed by atoms with E-state index < -0.39 is 35.3 Å². The van der Waals surface area contributed by atoms with Crippen LogP contribution in [0.1, 0.15) is 29.2 Å². The van der Waals surface area contributed by atoms with E-state index >= 15 is 0 Å². The number of ether oxygens (including phenoxy) is 2. The molecule has 0 heterocycles. The van der Waals surface area contributed by atoms with E-state index in [0.717, 1.165) is 30.8 Å². The van der Waals surface area contributed by atoms with Gasteiger partial charge < -0.3 is 26.0 Å². The van der Waals surface area contributed by atoms with Gasteiger partial charge in [-0.3, -0.25) is 4.79 Å². The predicted molar refractivity (Wildman–Crippen MR) is 203 cm³/mol. The Morgan fingerprint density at radius 1 is 0.717 bits per heavy atom. The van der Waals surface area contributed by atoms with Crippen molar-refractivity contribution in [3.63, 3.8) is 0 Å². The summed E-state index contributed by atoms with van der Waals surface area (Å²) in [6.07, 6.45) is 0.932. The molecule has 4 aromatic rings. The standard InChI is InChI=1S/C16H13F2I2NO3.C16H15F2I2NO/c1-7-9(17)2-3-13(14(7)18)24-15-10(19)4-8(5-11(15)20)6-12(21)16(22)23;1-8(21)5-10-6-12(19)16(13(20)7-10)22-14-4-3-11(17)9(2)15(14)18/h2-5,12H,6,21H2,1H3,(H,22,23);3-4,6-8H,5,21H2,1-2H3/t12-;8-/m01/s1. The highest BCUT2D eigenvalue weighted by atomic mass is 127. The van der Waals surface area contributed by atoms with Crippen LogP contribution in [0, 0.1) is 51.4 Å². The molecule has 0 aliphatic heterocycles. The lowest BCUT2D eigenvalue weighted by Crippen LogP contribution is -2.32. The Hall–Kier alpha value is -1.49. The number of nitrogens with two attached hydrogens (primary N) is 2. The van der Waals surface area contributed by atoms with E-state index in [-0.39, 0.29) is 35.1 Å². The van der Waals surface area contributed by atoms with E-state index in [2.05, 4.69) is 45.2 Å². The first kappa shape index (κ1) is 39.0. The first-order chi connectivity index (χ1) is 21.5. The van der Waals surface area contributed by atoms with Gasteiger partial charge in [0.15, 0.2) is 34.6 Å². The fourth-order valence-corrected chi connectivity index (χ4v) is 8.25. The van der Waals surface area contributed by atoms with Gasteiger partial charge in [0.2, 0.25) is 0 Å². The minimum atomic E-state index is -1.08. The zero-order chi connectivity index (χ0) is 34.5. The summed E-state index contributed by atoms with van der Waals surface area (Å²) < 4.78 is 69.2. The maximum Gasteiger partial charge on any atom is 0.320 e. The van der Waals surface area contributed by atoms with Crippen molar-refractivity contribution < 1.29 is 36.9 Å². The lowest BCUT2D eigenvalue weighted by Gasteiger charge is -2.14. The molecule has 46 heavy (non-hydrogen) atoms. The lowest BCUT2D eigenvalue weighted by atomic mass is 10.1. The van der Waals surface area contributed by atoms with Crippen molar-refractivity contribution in [3.8, 4) is 23.0 Å². The second kappa shape index (κ2) is 17.3. The van der Waals surface area contributed by atoms with Gasteiger partial charge in [-0.25, -0.2) is 17.6 Å². The first-order valence-electron chi connectivity index (χ1n) is 13.4. The highest BCUT2D eigenvalue weighted by Crippen LogP contribution is 2.36. The van der Waals surface area contributed by atoms with Gasteiger partial charge in [0.1, 0.15) is 17.7 Å². The van der Waals surface area contributed by atoms with Crippen molar-refractivity contribution in [1.82, 2.24) is 0 Å². The second-order valence-corrected chi connectivity index (χ2v) is 14.9. The summed E-state index contributed by atoms with van der Waals surface area (Å²) in [6.45, 7) is 4.67. The number of aliphatic carboxylic acids is 1. The molecule has 0 saturated heterocycles. The van der Waals surface area contributed by atoms with Crippen molar-refractivity contribution in [2.24, 2.45) is 11.5 Å². The smallest absolute Gasteiger partial charge is 0.320 e. The summed E-state index contributed by atoms with van der Waals surface area (Å²) in [5.74, 6) is -2.78. The van der Waals surface area contributed by atoms with Gasteiger partial charge in [-0.15, -0.1) is 0 Å². The third kappa shape index (κ3) is 10.3. The summed E-state index contributed by atoms with van der Waals surface area (Å²) in [5.41, 5.74) is 13.0. The average molecular weight is 1090 g/mol. The van der Waals surface area contributed by atoms with Crippen molar-refractivity contribution in [2.45, 2.75) is 45.7 Å². The Morgan fingerprint density at radius 2 is 1.07 bits per heavy atom. The monoisotopic (exact) mass is 1090 g/mol. The SMILES string of the molecule is Cc1c(F)ccc(Oc2c(I)cc(C[C@@H](C)N)cc2I)c1F.Cc1c(F)ccc(Oc2c(I)cc(C[C@H](N)C(=O)O)cc2I)c1F. The number of hydrogen-bond donors (Lipinski definition) is 3. The van der Waals surface area contributed by atoms with Crippen molar-refractivity contribution in [3.05, 3.63) is 108 Å². The molecule has 0 aliphatic carbocycles. The Morgan fingerprint density at radius 3 is 1.39 bits per heavy atom. The highest BCUT2D eigenvalue weighted by molar-refractivity contribution is 14.1. The number of halogens is 8. The molecule has 14 heteroatoms. The summed E-state index contributed by atoms with van der Waals surface area (Å²) in [5, 5.41) is 8.88. The second-order valence-electron chi connectivity index (χ2n) is 10.3. The fraction of sp³-hybridized carbons (Fsp3) is 0.219. The van der Waals surface area contributed by atoms with E-state index in [1.165, 1.54) is 32.0 Å². The molecular formula is C32H28F4I4N2O4. The highest BCUT2D eigenvalue weighted by Gasteiger charge is 2.19. The topological polar surface area (TPSA) is 108 Å². The van der Waals surface area contributed by atoms with Crippen LogP contribution >= 0.6 is 90.4 Å². The van der Waals surface area contributed by atoms with Crippen molar-refractivity contribution in [2.75, 3.05) is 0 Å². The van der Waals surface area contributed by atoms with Crippen LogP contribution in [0.3, 0.4) is 0 Å². The van der Waals surface area contributed by atoms with Crippen LogP contribution in [0.5, 0.6) is 23.0 Å². The minimum absolute atomic E-state index is 0.0228. The first-order valence-corrected chi connectivity index (χ1v) is 17.8. The molecule has 6 nitrogen and oxygen atoms in total. The Bertz CT molecular complexity index is 1710. The molecule has 0 unspecified atom stereocenters. The van der Waals surface area contributed by atoms with Crippen molar-refractivity contribution in [1.29, 1.82) is 0 Å². The Kier molecular flexibility index (Phi) is 14.6. The molecule has 0 amide bonds. The van der Waals surface area contributed by atoms with E-state index in [9.17, 15) is 22.4 Å². The lowest BCUT2D eigenvalue weighted by molar-refractivity contribution is -0.138. The van der Waals surface area contributed by atoms with Crippen LogP contribution in [0.2, 0.25) is 0 Å². The molecule has 0 aromatic heterocycles. The summed E-state index contributed by atoms with van der Waals surface area (Å²) in [7, 11) is 0. The van der Waals surface area contributed by atoms with E-state index in [1.54, 1.807) is 12.1 Å². The number of rotatable bonds is 9. The van der Waals surface area contributed by atoms with Crippen LogP contribution in [0.15, 0.2) is 48.5 Å². The summed E-state index contributed by atoms with van der Waals surface area (Å²) in [6, 6.07) is 11.4. The number of benzene rings is 4. The molecule has 2 atom stereocenters. The third-order valence-corrected chi connectivity index (χ3v) is 9.65. The van der Waals surface area contributed by atoms with Crippen LogP contribution < -0.4 is 20.9 Å². The molecular weight excluding hydrogens is 1060 g/mol. The van der Waals surface area contributed by atoms with Gasteiger partial charge in [0.05, 0.1) is 14.3 Å². The summed E-state index contributed by atoms with van der Waals surface area (Å²) >= 11 is 8.32. The fourth-order valence-electron chi connectivity index (χ4n) is 4.02. The van der Waals surface area contributed by atoms with Crippen LogP contribution in [-0.2, 0) is 17.6 Å². The molecule has 0 spiro atoms. The zero-order valence-corrected chi connectivity index (χ0v) is 33.2. The zero-order valence-electron chi connectivity index (χ0n) is 24.5. The molecule has 4 rings (SSSR count). The molecule has 246 valence electrons. The number of carboxylic acid groups (broad SMARTS) is 1. The van der Waals surface area contributed by atoms with Crippen LogP contribution in [0.4, 0.5) is 17.6 Å². The van der Waals surface area contributed by atoms with Gasteiger partial charge >= 0.3 is 5.97 Å². The average Bonchev–Trinajstić information content (AvgIpc) is 2.96. The van der Waals surface area contributed by atoms with Crippen LogP contribution in [-0.4, -0.2) is 23.2 Å². The van der Waals surface area contributed by atoms with Gasteiger partial charge in [-0.2, -0.15) is 0 Å². The van der Waals surface area contributed by atoms with Gasteiger partial charge in [0, 0.05) is 17.2 Å². The largest absolute Gasteiger partial charge is 0.480 e. The maximum absolute atomic E-state index is 14.1. The van der Waals surface area contributed by atoms with E-state index in [4.69, 9.17) is 26.0 Å². The minimum Gasteiger partial charge on any atom is -0.480 e. The number of carbonyl (C=O) groups is 1. The van der Waals surface area contributed by atoms with E-state index in [0.29, 0.717) is 18.6 Å². The quantitative estimate of drug-likeness (QED) is 0.114. The normalized spacial score (nSPS) is 12.2. The van der Waals surface area contributed by atoms with Gasteiger partial charge in [-0.1, -0.05) is 0 Å². The number of hydrogen-bond acceptors (Lipinski definition) is 5. The Labute approximate surface area is 318 Å². The molecule has 4 aromatic carbocycles. The molecule has 0 bridgehead atoms. The predicted octanol–water partition coefficient (Wildman–Crippen LogP) is 9.39. The number of carboxylic acids is 1. The molecule has 0 radical (unpaired) electrons. The molecule has 0 fully saturated rings. The molecule has 0 saturated carbocycles. The van der Waals surface area contributed by atoms with Crippen molar-refractivity contribution >= 4 is 96.3 Å². The molecule has 0 aliphatic rings. The third-order valence-electron chi connectivity index (χ3n) is 6.44. The molecule has 5 N–H and O–H groups in total. The van der Waals surface area contributed by atoms with Crippen LogP contribution in [0.25, 0.3) is 0 Å². The van der Waals surface area contributed by atoms with E-state index in [1.807, 2.05) is 64.2 Å². The van der Waals surface area contributed by atoms with Gasteiger partial charge in [-0.05, 0) is 184 Å². The maximum atomic E-state index is 14.1.